The normalized spacial score (nSPS) is 21.0. The number of carbonyl (C=O) groups is 3. The molecule has 144 valence electrons. The Morgan fingerprint density at radius 3 is 2.54 bits per heavy atom. The highest BCUT2D eigenvalue weighted by Gasteiger charge is 2.46. The summed E-state index contributed by atoms with van der Waals surface area (Å²) < 4.78 is 5.44. The zero-order chi connectivity index (χ0) is 19.8. The number of carbonyl (C=O) groups excluding carboxylic acids is 3. The van der Waals surface area contributed by atoms with Gasteiger partial charge >= 0.3 is 5.97 Å². The Bertz CT molecular complexity index is 936. The number of nitrogens with zero attached hydrogens (tertiary/aromatic N) is 1. The molecule has 2 atom stereocenters. The first-order valence-corrected chi connectivity index (χ1v) is 9.47. The fraction of sp³-hybridized carbons (Fsp3) is 0.318. The van der Waals surface area contributed by atoms with Crippen LogP contribution in [0, 0.1) is 0 Å². The van der Waals surface area contributed by atoms with Crippen LogP contribution in [0.3, 0.4) is 0 Å². The van der Waals surface area contributed by atoms with Crippen LogP contribution in [0.2, 0.25) is 0 Å². The molecule has 0 aromatic heterocycles. The molecule has 6 heteroatoms. The smallest absolute Gasteiger partial charge is 0.340 e. The molecule has 1 N–H and O–H groups in total. The molecule has 2 heterocycles. The molecule has 2 aliphatic heterocycles. The molecule has 2 amide bonds. The second-order valence-electron chi connectivity index (χ2n) is 7.47. The van der Waals surface area contributed by atoms with Crippen molar-refractivity contribution in [1.82, 2.24) is 4.90 Å². The number of benzene rings is 2. The molecule has 2 aromatic carbocycles. The Morgan fingerprint density at radius 2 is 1.82 bits per heavy atom. The van der Waals surface area contributed by atoms with Crippen molar-refractivity contribution in [3.63, 3.8) is 0 Å². The summed E-state index contributed by atoms with van der Waals surface area (Å²) in [6.45, 7) is 4.21. The average Bonchev–Trinajstić information content (AvgIpc) is 3.22. The van der Waals surface area contributed by atoms with E-state index in [1.165, 1.54) is 10.5 Å². The number of amides is 2. The summed E-state index contributed by atoms with van der Waals surface area (Å²) in [5, 5.41) is 2.89. The quantitative estimate of drug-likeness (QED) is 0.825. The average molecular weight is 378 g/mol. The van der Waals surface area contributed by atoms with Gasteiger partial charge in [-0.25, -0.2) is 4.79 Å². The SMILES string of the molecule is CC(C)c1ccc(NC(=O)[C@H]2CCC(=O)N2[C@@H]2OC(=O)c3ccccc32)cc1. The monoisotopic (exact) mass is 378 g/mol. The lowest BCUT2D eigenvalue weighted by molar-refractivity contribution is -0.144. The van der Waals surface area contributed by atoms with E-state index in [2.05, 4.69) is 19.2 Å². The van der Waals surface area contributed by atoms with Gasteiger partial charge in [-0.15, -0.1) is 0 Å². The largest absolute Gasteiger partial charge is 0.433 e. The third kappa shape index (κ3) is 3.15. The predicted molar refractivity (Wildman–Crippen MR) is 104 cm³/mol. The Labute approximate surface area is 163 Å². The van der Waals surface area contributed by atoms with E-state index in [0.717, 1.165) is 0 Å². The van der Waals surface area contributed by atoms with Gasteiger partial charge in [0.2, 0.25) is 18.0 Å². The highest BCUT2D eigenvalue weighted by Crippen LogP contribution is 2.38. The first kappa shape index (κ1) is 18.2. The van der Waals surface area contributed by atoms with Crippen LogP contribution in [-0.2, 0) is 14.3 Å². The predicted octanol–water partition coefficient (Wildman–Crippen LogP) is 3.61. The Morgan fingerprint density at radius 1 is 1.11 bits per heavy atom. The molecule has 0 unspecified atom stereocenters. The lowest BCUT2D eigenvalue weighted by Crippen LogP contribution is -2.43. The summed E-state index contributed by atoms with van der Waals surface area (Å²) in [5.74, 6) is -0.526. The van der Waals surface area contributed by atoms with Crippen molar-refractivity contribution >= 4 is 23.5 Å². The third-order valence-corrected chi connectivity index (χ3v) is 5.32. The van der Waals surface area contributed by atoms with Crippen molar-refractivity contribution in [2.45, 2.75) is 44.9 Å². The van der Waals surface area contributed by atoms with Crippen molar-refractivity contribution in [1.29, 1.82) is 0 Å². The summed E-state index contributed by atoms with van der Waals surface area (Å²) in [4.78, 5) is 39.0. The molecule has 6 nitrogen and oxygen atoms in total. The fourth-order valence-corrected chi connectivity index (χ4v) is 3.76. The van der Waals surface area contributed by atoms with Crippen LogP contribution in [0.5, 0.6) is 0 Å². The zero-order valence-corrected chi connectivity index (χ0v) is 15.8. The van der Waals surface area contributed by atoms with Gasteiger partial charge < -0.3 is 10.1 Å². The maximum Gasteiger partial charge on any atom is 0.340 e. The molecule has 0 bridgehead atoms. The number of esters is 1. The van der Waals surface area contributed by atoms with Gasteiger partial charge in [0.05, 0.1) is 5.56 Å². The molecule has 28 heavy (non-hydrogen) atoms. The van der Waals surface area contributed by atoms with Crippen LogP contribution in [0.4, 0.5) is 5.69 Å². The van der Waals surface area contributed by atoms with Crippen LogP contribution in [0.1, 0.15) is 60.3 Å². The lowest BCUT2D eigenvalue weighted by Gasteiger charge is -2.29. The molecule has 0 saturated carbocycles. The molecule has 4 rings (SSSR count). The van der Waals surface area contributed by atoms with E-state index in [9.17, 15) is 14.4 Å². The number of anilines is 1. The maximum atomic E-state index is 12.9. The van der Waals surface area contributed by atoms with E-state index >= 15 is 0 Å². The highest BCUT2D eigenvalue weighted by molar-refractivity contribution is 6.00. The van der Waals surface area contributed by atoms with Crippen LogP contribution < -0.4 is 5.32 Å². The van der Waals surface area contributed by atoms with Crippen molar-refractivity contribution in [3.05, 3.63) is 65.2 Å². The van der Waals surface area contributed by atoms with E-state index in [1.807, 2.05) is 24.3 Å². The van der Waals surface area contributed by atoms with Crippen LogP contribution in [-0.4, -0.2) is 28.7 Å². The van der Waals surface area contributed by atoms with E-state index < -0.39 is 18.2 Å². The maximum absolute atomic E-state index is 12.9. The zero-order valence-electron chi connectivity index (χ0n) is 15.8. The molecule has 0 spiro atoms. The van der Waals surface area contributed by atoms with Gasteiger partial charge in [-0.05, 0) is 36.1 Å². The van der Waals surface area contributed by atoms with Crippen molar-refractivity contribution in [2.75, 3.05) is 5.32 Å². The van der Waals surface area contributed by atoms with Gasteiger partial charge in [-0.3, -0.25) is 14.5 Å². The van der Waals surface area contributed by atoms with Crippen molar-refractivity contribution < 1.29 is 19.1 Å². The second kappa shape index (κ2) is 7.11. The number of fused-ring (bicyclic) bond motifs is 1. The molecule has 1 fully saturated rings. The molecule has 2 aromatic rings. The molecular weight excluding hydrogens is 356 g/mol. The number of likely N-dealkylation sites (tertiary alicyclic amines) is 1. The first-order valence-electron chi connectivity index (χ1n) is 9.47. The van der Waals surface area contributed by atoms with Gasteiger partial charge in [-0.2, -0.15) is 0 Å². The summed E-state index contributed by atoms with van der Waals surface area (Å²) in [7, 11) is 0. The molecule has 0 radical (unpaired) electrons. The van der Waals surface area contributed by atoms with E-state index in [-0.39, 0.29) is 18.2 Å². The number of hydrogen-bond donors (Lipinski definition) is 1. The van der Waals surface area contributed by atoms with Gasteiger partial charge in [0.1, 0.15) is 6.04 Å². The minimum absolute atomic E-state index is 0.190. The summed E-state index contributed by atoms with van der Waals surface area (Å²) in [6.07, 6.45) is -0.205. The Balaban J connectivity index is 1.55. The number of hydrogen-bond acceptors (Lipinski definition) is 4. The number of nitrogens with one attached hydrogen (secondary N) is 1. The molecule has 1 saturated heterocycles. The first-order chi connectivity index (χ1) is 13.5. The van der Waals surface area contributed by atoms with Crippen molar-refractivity contribution in [2.24, 2.45) is 0 Å². The minimum Gasteiger partial charge on any atom is -0.433 e. The standard InChI is InChI=1S/C22H22N2O4/c1-13(2)14-7-9-15(10-8-14)23-20(26)18-11-12-19(25)24(18)21-16-5-3-4-6-17(16)22(27)28-21/h3-10,13,18,21H,11-12H2,1-2H3,(H,23,26)/t18-,21-/m1/s1. The molecular formula is C22H22N2O4. The van der Waals surface area contributed by atoms with Gasteiger partial charge in [-0.1, -0.05) is 44.2 Å². The minimum atomic E-state index is -0.849. The third-order valence-electron chi connectivity index (χ3n) is 5.32. The van der Waals surface area contributed by atoms with E-state index in [4.69, 9.17) is 4.74 Å². The fourth-order valence-electron chi connectivity index (χ4n) is 3.76. The highest BCUT2D eigenvalue weighted by atomic mass is 16.6. The molecule has 2 aliphatic rings. The number of rotatable bonds is 4. The summed E-state index contributed by atoms with van der Waals surface area (Å²) >= 11 is 0. The summed E-state index contributed by atoms with van der Waals surface area (Å²) in [5.41, 5.74) is 2.93. The van der Waals surface area contributed by atoms with Gasteiger partial charge in [0.25, 0.3) is 0 Å². The lowest BCUT2D eigenvalue weighted by atomic mass is 10.0. The van der Waals surface area contributed by atoms with E-state index in [1.54, 1.807) is 24.3 Å². The van der Waals surface area contributed by atoms with Crippen LogP contribution in [0.15, 0.2) is 48.5 Å². The van der Waals surface area contributed by atoms with Gasteiger partial charge in [0, 0.05) is 17.7 Å². The van der Waals surface area contributed by atoms with Crippen LogP contribution >= 0.6 is 0 Å². The summed E-state index contributed by atoms with van der Waals surface area (Å²) in [6, 6.07) is 14.0. The number of ether oxygens (including phenoxy) is 1. The topological polar surface area (TPSA) is 75.7 Å². The Kier molecular flexibility index (Phi) is 4.63. The second-order valence-corrected chi connectivity index (χ2v) is 7.47. The molecule has 0 aliphatic carbocycles. The number of cyclic esters (lactones) is 1. The van der Waals surface area contributed by atoms with Crippen LogP contribution in [0.25, 0.3) is 0 Å². The van der Waals surface area contributed by atoms with Gasteiger partial charge in [0.15, 0.2) is 0 Å². The Hall–Kier alpha value is -3.15. The van der Waals surface area contributed by atoms with Crippen molar-refractivity contribution in [3.8, 4) is 0 Å². The van der Waals surface area contributed by atoms with E-state index in [0.29, 0.717) is 29.2 Å².